The number of methoxy groups -OCH3 is 2. The van der Waals surface area contributed by atoms with Gasteiger partial charge in [-0.3, -0.25) is 0 Å². The molecule has 6 aromatic rings. The molecule has 6 rings (SSSR count). The van der Waals surface area contributed by atoms with E-state index in [1.807, 2.05) is 110 Å². The maximum Gasteiger partial charge on any atom is 0.146 e. The van der Waals surface area contributed by atoms with Gasteiger partial charge in [0, 0.05) is 32.9 Å². The second-order valence-electron chi connectivity index (χ2n) is 10.1. The summed E-state index contributed by atoms with van der Waals surface area (Å²) in [6.07, 6.45) is 0. The number of hydrogen-bond acceptors (Lipinski definition) is 8. The Kier molecular flexibility index (Phi) is 7.41. The lowest BCUT2D eigenvalue weighted by atomic mass is 10.0. The largest absolute Gasteiger partial charge is 0.494 e. The van der Waals surface area contributed by atoms with Crippen molar-refractivity contribution in [3.8, 4) is 22.6 Å². The van der Waals surface area contributed by atoms with Crippen molar-refractivity contribution in [1.82, 2.24) is 0 Å². The van der Waals surface area contributed by atoms with Gasteiger partial charge in [-0.05, 0) is 72.1 Å². The van der Waals surface area contributed by atoms with Crippen molar-refractivity contribution in [2.45, 2.75) is 6.92 Å². The average molecular weight is 567 g/mol. The number of anilines is 2. The maximum atomic E-state index is 6.23. The van der Waals surface area contributed by atoms with Crippen LogP contribution in [0.2, 0.25) is 0 Å². The monoisotopic (exact) mass is 566 g/mol. The first-order valence-electron chi connectivity index (χ1n) is 13.7. The molecule has 0 bridgehead atoms. The van der Waals surface area contributed by atoms with Gasteiger partial charge in [0.1, 0.15) is 22.9 Å². The molecule has 0 spiro atoms. The number of ether oxygens (including phenoxy) is 2. The van der Waals surface area contributed by atoms with Gasteiger partial charge in [0.2, 0.25) is 0 Å². The summed E-state index contributed by atoms with van der Waals surface area (Å²) >= 11 is 0. The molecule has 0 unspecified atom stereocenters. The zero-order chi connectivity index (χ0) is 29.9. The summed E-state index contributed by atoms with van der Waals surface area (Å²) < 4.78 is 11.4. The predicted octanol–water partition coefficient (Wildman–Crippen LogP) is 9.98. The molecule has 0 saturated carbocycles. The zero-order valence-corrected chi connectivity index (χ0v) is 24.1. The Morgan fingerprint density at radius 2 is 0.977 bits per heavy atom. The summed E-state index contributed by atoms with van der Waals surface area (Å²) in [5, 5.41) is 21.9. The molecule has 0 aromatic heterocycles. The second kappa shape index (κ2) is 11.6. The van der Waals surface area contributed by atoms with E-state index in [2.05, 4.69) is 20.5 Å². The number of rotatable bonds is 7. The van der Waals surface area contributed by atoms with Crippen molar-refractivity contribution in [1.29, 1.82) is 0 Å². The molecule has 8 nitrogen and oxygen atoms in total. The Morgan fingerprint density at radius 3 is 1.58 bits per heavy atom. The van der Waals surface area contributed by atoms with E-state index in [1.165, 1.54) is 0 Å². The van der Waals surface area contributed by atoms with Crippen LogP contribution in [0, 0.1) is 6.92 Å². The third kappa shape index (κ3) is 5.34. The minimum Gasteiger partial charge on any atom is -0.494 e. The number of nitrogen functional groups attached to an aromatic ring is 2. The highest BCUT2D eigenvalue weighted by molar-refractivity contribution is 6.02. The van der Waals surface area contributed by atoms with Crippen molar-refractivity contribution in [3.05, 3.63) is 109 Å². The van der Waals surface area contributed by atoms with Crippen LogP contribution in [0.3, 0.4) is 0 Å². The van der Waals surface area contributed by atoms with E-state index < -0.39 is 0 Å². The number of aryl methyl sites for hydroxylation is 1. The summed E-state index contributed by atoms with van der Waals surface area (Å²) in [7, 11) is 3.23. The third-order valence-corrected chi connectivity index (χ3v) is 7.42. The van der Waals surface area contributed by atoms with Gasteiger partial charge in [-0.2, -0.15) is 0 Å². The van der Waals surface area contributed by atoms with Crippen LogP contribution in [0.4, 0.5) is 34.1 Å². The first-order valence-corrected chi connectivity index (χ1v) is 13.7. The Morgan fingerprint density at radius 1 is 0.488 bits per heavy atom. The van der Waals surface area contributed by atoms with Crippen LogP contribution in [-0.4, -0.2) is 14.2 Å². The molecule has 0 saturated heterocycles. The lowest BCUT2D eigenvalue weighted by Crippen LogP contribution is -1.89. The lowest BCUT2D eigenvalue weighted by molar-refractivity contribution is 0.415. The fourth-order valence-corrected chi connectivity index (χ4v) is 5.18. The summed E-state index contributed by atoms with van der Waals surface area (Å²) in [5.74, 6) is 1.18. The molecule has 212 valence electrons. The molecule has 0 aliphatic rings. The average Bonchev–Trinajstić information content (AvgIpc) is 3.04. The number of azo groups is 2. The Labute approximate surface area is 249 Å². The topological polar surface area (TPSA) is 120 Å². The Hall–Kier alpha value is -5.76. The number of nitrogens with zero attached hydrogens (tertiary/aromatic N) is 4. The highest BCUT2D eigenvalue weighted by Gasteiger charge is 2.11. The van der Waals surface area contributed by atoms with E-state index in [0.717, 1.165) is 55.3 Å². The fraction of sp³-hybridized carbons (Fsp3) is 0.0857. The van der Waals surface area contributed by atoms with Crippen LogP contribution < -0.4 is 20.9 Å². The van der Waals surface area contributed by atoms with Crippen molar-refractivity contribution < 1.29 is 9.47 Å². The SMILES string of the molecule is COc1cc(-c2ccc(N=Nc3ccc(N)c4c(C)cccc34)c(OC)c2)ccc1N=Nc1ccc(N)c2ccccc12. The molecule has 4 N–H and O–H groups in total. The minimum absolute atomic E-state index is 0.592. The van der Waals surface area contributed by atoms with E-state index >= 15 is 0 Å². The maximum absolute atomic E-state index is 6.23. The predicted molar refractivity (Wildman–Crippen MR) is 175 cm³/mol. The smallest absolute Gasteiger partial charge is 0.146 e. The highest BCUT2D eigenvalue weighted by atomic mass is 16.5. The Balaban J connectivity index is 1.29. The van der Waals surface area contributed by atoms with Crippen molar-refractivity contribution in [3.63, 3.8) is 0 Å². The minimum atomic E-state index is 0.592. The fourth-order valence-electron chi connectivity index (χ4n) is 5.18. The summed E-state index contributed by atoms with van der Waals surface area (Å²) in [6, 6.07) is 32.9. The van der Waals surface area contributed by atoms with Gasteiger partial charge in [0.25, 0.3) is 0 Å². The van der Waals surface area contributed by atoms with Crippen LogP contribution in [0.25, 0.3) is 32.7 Å². The van der Waals surface area contributed by atoms with Gasteiger partial charge in [-0.1, -0.05) is 54.6 Å². The molecular formula is C35H30N6O2. The third-order valence-electron chi connectivity index (χ3n) is 7.42. The molecule has 0 radical (unpaired) electrons. The highest BCUT2D eigenvalue weighted by Crippen LogP contribution is 2.39. The molecule has 0 heterocycles. The first kappa shape index (κ1) is 27.4. The quantitative estimate of drug-likeness (QED) is 0.147. The van der Waals surface area contributed by atoms with Gasteiger partial charge >= 0.3 is 0 Å². The molecule has 0 aliphatic heterocycles. The molecule has 6 aromatic carbocycles. The van der Waals surface area contributed by atoms with E-state index in [4.69, 9.17) is 20.9 Å². The molecule has 8 heteroatoms. The standard InChI is InChI=1S/C35H30N6O2/c1-21-7-6-10-26-30(18-14-28(37)35(21)26)39-41-32-16-12-23(20-34(32)43-3)22-11-15-31(33(19-22)42-2)40-38-29-17-13-27(36)24-8-4-5-9-25(24)29/h4-20H,36-37H2,1-3H3. The molecule has 0 fully saturated rings. The van der Waals surface area contributed by atoms with E-state index in [0.29, 0.717) is 28.6 Å². The van der Waals surface area contributed by atoms with Crippen LogP contribution in [0.15, 0.2) is 124 Å². The van der Waals surface area contributed by atoms with Gasteiger partial charge in [-0.25, -0.2) is 0 Å². The number of nitrogens with two attached hydrogens (primary N) is 2. The first-order chi connectivity index (χ1) is 21.0. The van der Waals surface area contributed by atoms with E-state index in [-0.39, 0.29) is 0 Å². The van der Waals surface area contributed by atoms with E-state index in [9.17, 15) is 0 Å². The summed E-state index contributed by atoms with van der Waals surface area (Å²) in [5.41, 5.74) is 19.4. The van der Waals surface area contributed by atoms with Crippen LogP contribution >= 0.6 is 0 Å². The van der Waals surface area contributed by atoms with Crippen molar-refractivity contribution in [2.24, 2.45) is 20.5 Å². The summed E-state index contributed by atoms with van der Waals surface area (Å²) in [6.45, 7) is 2.04. The van der Waals surface area contributed by atoms with Crippen LogP contribution in [0.5, 0.6) is 11.5 Å². The Bertz CT molecular complexity index is 2040. The molecule has 0 aliphatic carbocycles. The number of hydrogen-bond donors (Lipinski definition) is 2. The molecule has 43 heavy (non-hydrogen) atoms. The molecule has 0 atom stereocenters. The van der Waals surface area contributed by atoms with Gasteiger partial charge < -0.3 is 20.9 Å². The van der Waals surface area contributed by atoms with Gasteiger partial charge in [0.05, 0.1) is 25.6 Å². The second-order valence-corrected chi connectivity index (χ2v) is 10.1. The van der Waals surface area contributed by atoms with Crippen molar-refractivity contribution >= 4 is 55.7 Å². The molecule has 0 amide bonds. The van der Waals surface area contributed by atoms with Gasteiger partial charge in [-0.15, -0.1) is 20.5 Å². The van der Waals surface area contributed by atoms with Crippen molar-refractivity contribution in [2.75, 3.05) is 25.7 Å². The summed E-state index contributed by atoms with van der Waals surface area (Å²) in [4.78, 5) is 0. The van der Waals surface area contributed by atoms with Gasteiger partial charge in [0.15, 0.2) is 0 Å². The molecular weight excluding hydrogens is 536 g/mol. The lowest BCUT2D eigenvalue weighted by Gasteiger charge is -2.11. The zero-order valence-electron chi connectivity index (χ0n) is 24.1. The number of fused-ring (bicyclic) bond motifs is 2. The number of benzene rings is 6. The van der Waals surface area contributed by atoms with E-state index in [1.54, 1.807) is 14.2 Å². The normalized spacial score (nSPS) is 11.6. The van der Waals surface area contributed by atoms with Crippen LogP contribution in [0.1, 0.15) is 5.56 Å². The van der Waals surface area contributed by atoms with Crippen LogP contribution in [-0.2, 0) is 0 Å².